The molecule has 0 aromatic heterocycles. The first-order valence-electron chi connectivity index (χ1n) is 5.72. The van der Waals surface area contributed by atoms with E-state index in [1.54, 1.807) is 0 Å². The van der Waals surface area contributed by atoms with Crippen LogP contribution in [0.25, 0.3) is 0 Å². The zero-order valence-corrected chi connectivity index (χ0v) is 11.1. The summed E-state index contributed by atoms with van der Waals surface area (Å²) in [6.07, 6.45) is 2.14. The van der Waals surface area contributed by atoms with Crippen LogP contribution in [0.1, 0.15) is 18.9 Å². The fourth-order valence-corrected chi connectivity index (χ4v) is 2.88. The van der Waals surface area contributed by atoms with Crippen molar-refractivity contribution >= 4 is 15.9 Å². The number of hydrogen-bond donors (Lipinski definition) is 2. The number of aliphatic hydroxyl groups excluding tert-OH is 1. The van der Waals surface area contributed by atoms with E-state index in [1.807, 2.05) is 6.07 Å². The van der Waals surface area contributed by atoms with Crippen LogP contribution in [-0.2, 0) is 6.42 Å². The summed E-state index contributed by atoms with van der Waals surface area (Å²) in [6.45, 7) is 3.32. The second kappa shape index (κ2) is 4.86. The summed E-state index contributed by atoms with van der Waals surface area (Å²) < 4.78 is 1.14. The summed E-state index contributed by atoms with van der Waals surface area (Å²) in [6, 6.07) is 8.47. The van der Waals surface area contributed by atoms with E-state index < -0.39 is 0 Å². The third-order valence-electron chi connectivity index (χ3n) is 3.32. The molecule has 1 fully saturated rings. The summed E-state index contributed by atoms with van der Waals surface area (Å²) in [4.78, 5) is 0. The van der Waals surface area contributed by atoms with E-state index in [2.05, 4.69) is 46.4 Å². The summed E-state index contributed by atoms with van der Waals surface area (Å²) in [7, 11) is 0. The molecule has 2 rings (SSSR count). The molecule has 2 nitrogen and oxygen atoms in total. The Balaban J connectivity index is 1.97. The van der Waals surface area contributed by atoms with Gasteiger partial charge in [0.25, 0.3) is 0 Å². The number of hydrogen-bond acceptors (Lipinski definition) is 2. The standard InChI is InChI=1S/C13H18BrNO/c1-13(9-16)7-11(8-15-13)5-10-3-2-4-12(14)6-10/h2-4,6,11,15-16H,5,7-9H2,1H3. The van der Waals surface area contributed by atoms with Gasteiger partial charge in [-0.2, -0.15) is 0 Å². The summed E-state index contributed by atoms with van der Waals surface area (Å²) in [5.74, 6) is 0.631. The molecule has 0 amide bonds. The molecule has 0 bridgehead atoms. The minimum absolute atomic E-state index is 0.0727. The highest BCUT2D eigenvalue weighted by molar-refractivity contribution is 9.10. The quantitative estimate of drug-likeness (QED) is 0.893. The smallest absolute Gasteiger partial charge is 0.0610 e. The second-order valence-corrected chi connectivity index (χ2v) is 5.92. The van der Waals surface area contributed by atoms with Crippen molar-refractivity contribution in [2.75, 3.05) is 13.2 Å². The van der Waals surface area contributed by atoms with Gasteiger partial charge in [-0.05, 0) is 49.9 Å². The molecular formula is C13H18BrNO. The van der Waals surface area contributed by atoms with E-state index in [1.165, 1.54) is 5.56 Å². The molecule has 1 heterocycles. The zero-order chi connectivity index (χ0) is 11.6. The lowest BCUT2D eigenvalue weighted by Gasteiger charge is -2.21. The van der Waals surface area contributed by atoms with Gasteiger partial charge in [-0.3, -0.25) is 0 Å². The van der Waals surface area contributed by atoms with Crippen LogP contribution in [0.3, 0.4) is 0 Å². The van der Waals surface area contributed by atoms with E-state index in [9.17, 15) is 5.11 Å². The Bertz CT molecular complexity index is 369. The van der Waals surface area contributed by atoms with Crippen molar-refractivity contribution in [1.82, 2.24) is 5.32 Å². The van der Waals surface area contributed by atoms with Crippen LogP contribution in [0.5, 0.6) is 0 Å². The molecule has 3 heteroatoms. The molecule has 0 radical (unpaired) electrons. The Morgan fingerprint density at radius 1 is 1.56 bits per heavy atom. The molecule has 1 aromatic carbocycles. The van der Waals surface area contributed by atoms with Crippen molar-refractivity contribution in [2.45, 2.75) is 25.3 Å². The Kier molecular flexibility index (Phi) is 3.67. The van der Waals surface area contributed by atoms with Crippen LogP contribution in [0.4, 0.5) is 0 Å². The highest BCUT2D eigenvalue weighted by atomic mass is 79.9. The number of halogens is 1. The van der Waals surface area contributed by atoms with E-state index >= 15 is 0 Å². The van der Waals surface area contributed by atoms with Crippen LogP contribution >= 0.6 is 15.9 Å². The molecule has 88 valence electrons. The van der Waals surface area contributed by atoms with E-state index in [4.69, 9.17) is 0 Å². The fourth-order valence-electron chi connectivity index (χ4n) is 2.43. The molecule has 0 spiro atoms. The molecule has 0 aliphatic carbocycles. The van der Waals surface area contributed by atoms with Crippen molar-refractivity contribution in [3.05, 3.63) is 34.3 Å². The maximum absolute atomic E-state index is 9.28. The molecule has 2 atom stereocenters. The highest BCUT2D eigenvalue weighted by Crippen LogP contribution is 2.26. The second-order valence-electron chi connectivity index (χ2n) is 5.00. The Hall–Kier alpha value is -0.380. The largest absolute Gasteiger partial charge is 0.394 e. The van der Waals surface area contributed by atoms with Gasteiger partial charge in [-0.1, -0.05) is 28.1 Å². The molecule has 1 aliphatic rings. The maximum Gasteiger partial charge on any atom is 0.0610 e. The van der Waals surface area contributed by atoms with Crippen molar-refractivity contribution in [3.8, 4) is 0 Å². The molecule has 1 aromatic rings. The lowest BCUT2D eigenvalue weighted by Crippen LogP contribution is -2.39. The molecule has 0 saturated carbocycles. The van der Waals surface area contributed by atoms with Gasteiger partial charge in [0.15, 0.2) is 0 Å². The average molecular weight is 284 g/mol. The Morgan fingerprint density at radius 3 is 3.00 bits per heavy atom. The van der Waals surface area contributed by atoms with Gasteiger partial charge in [0.05, 0.1) is 6.61 Å². The highest BCUT2D eigenvalue weighted by Gasteiger charge is 2.33. The Labute approximate surface area is 105 Å². The van der Waals surface area contributed by atoms with Gasteiger partial charge in [0.2, 0.25) is 0 Å². The maximum atomic E-state index is 9.28. The van der Waals surface area contributed by atoms with E-state index in [0.717, 1.165) is 23.9 Å². The minimum atomic E-state index is -0.0727. The van der Waals surface area contributed by atoms with Gasteiger partial charge < -0.3 is 10.4 Å². The predicted molar refractivity (Wildman–Crippen MR) is 69.4 cm³/mol. The van der Waals surface area contributed by atoms with E-state index in [0.29, 0.717) is 5.92 Å². The molecule has 2 N–H and O–H groups in total. The first kappa shape index (κ1) is 12.1. The number of nitrogens with one attached hydrogen (secondary N) is 1. The van der Waals surface area contributed by atoms with Crippen molar-refractivity contribution in [2.24, 2.45) is 5.92 Å². The Morgan fingerprint density at radius 2 is 2.38 bits per heavy atom. The van der Waals surface area contributed by atoms with Gasteiger partial charge in [0, 0.05) is 10.0 Å². The average Bonchev–Trinajstić information content (AvgIpc) is 2.61. The molecule has 2 unspecified atom stereocenters. The molecular weight excluding hydrogens is 266 g/mol. The van der Waals surface area contributed by atoms with Gasteiger partial charge in [-0.25, -0.2) is 0 Å². The third-order valence-corrected chi connectivity index (χ3v) is 3.81. The summed E-state index contributed by atoms with van der Waals surface area (Å²) in [5, 5.41) is 12.7. The first-order valence-corrected chi connectivity index (χ1v) is 6.51. The normalized spacial score (nSPS) is 29.6. The van der Waals surface area contributed by atoms with Gasteiger partial charge in [0.1, 0.15) is 0 Å². The van der Waals surface area contributed by atoms with Crippen LogP contribution in [0.2, 0.25) is 0 Å². The lowest BCUT2D eigenvalue weighted by atomic mass is 9.91. The lowest BCUT2D eigenvalue weighted by molar-refractivity contribution is 0.189. The van der Waals surface area contributed by atoms with Crippen LogP contribution in [-0.4, -0.2) is 23.8 Å². The fraction of sp³-hybridized carbons (Fsp3) is 0.538. The number of rotatable bonds is 3. The SMILES string of the molecule is CC1(CO)CC(Cc2cccc(Br)c2)CN1. The number of benzene rings is 1. The van der Waals surface area contributed by atoms with Crippen molar-refractivity contribution < 1.29 is 5.11 Å². The first-order chi connectivity index (χ1) is 7.61. The summed E-state index contributed by atoms with van der Waals surface area (Å²) in [5.41, 5.74) is 1.29. The van der Waals surface area contributed by atoms with Gasteiger partial charge in [-0.15, -0.1) is 0 Å². The van der Waals surface area contributed by atoms with Crippen LogP contribution in [0, 0.1) is 5.92 Å². The zero-order valence-electron chi connectivity index (χ0n) is 9.54. The molecule has 1 saturated heterocycles. The minimum Gasteiger partial charge on any atom is -0.394 e. The molecule has 1 aliphatic heterocycles. The van der Waals surface area contributed by atoms with Crippen molar-refractivity contribution in [1.29, 1.82) is 0 Å². The number of aliphatic hydroxyl groups is 1. The summed E-state index contributed by atoms with van der Waals surface area (Å²) >= 11 is 3.49. The monoisotopic (exact) mass is 283 g/mol. The van der Waals surface area contributed by atoms with Crippen LogP contribution in [0.15, 0.2) is 28.7 Å². The predicted octanol–water partition coefficient (Wildman–Crippen LogP) is 2.35. The van der Waals surface area contributed by atoms with Crippen LogP contribution < -0.4 is 5.32 Å². The van der Waals surface area contributed by atoms with Gasteiger partial charge >= 0.3 is 0 Å². The third kappa shape index (κ3) is 2.84. The molecule has 16 heavy (non-hydrogen) atoms. The topological polar surface area (TPSA) is 32.3 Å². The van der Waals surface area contributed by atoms with Crippen molar-refractivity contribution in [3.63, 3.8) is 0 Å². The van der Waals surface area contributed by atoms with E-state index in [-0.39, 0.29) is 12.1 Å².